The Labute approximate surface area is 95.8 Å². The van der Waals surface area contributed by atoms with E-state index >= 15 is 0 Å². The Kier molecular flexibility index (Phi) is 5.86. The summed E-state index contributed by atoms with van der Waals surface area (Å²) in [7, 11) is 0. The largest absolute Gasteiger partial charge is 0.481 e. The molecule has 0 saturated heterocycles. The molecule has 17 heavy (non-hydrogen) atoms. The number of hydrogen-bond acceptors (Lipinski definition) is 5. The number of aliphatic carboxylic acids is 1. The zero-order valence-electron chi connectivity index (χ0n) is 8.90. The van der Waals surface area contributed by atoms with Crippen molar-refractivity contribution in [2.75, 3.05) is 0 Å². The number of nitrogens with zero attached hydrogens (tertiary/aromatic N) is 2. The molecule has 8 heteroatoms. The zero-order valence-corrected chi connectivity index (χ0v) is 8.90. The molecule has 1 aromatic rings. The van der Waals surface area contributed by atoms with Gasteiger partial charge in [-0.3, -0.25) is 25.0 Å². The standard InChI is InChI=1S/C6H4N2O4.C3H6O2/c9-7(10)5-2-1-3-6(4-5)8(11)12;1-2-3(4)5/h1-4H;2H2,1H3,(H,4,5). The fraction of sp³-hybridized carbons (Fsp3) is 0.222. The Morgan fingerprint density at radius 3 is 1.82 bits per heavy atom. The van der Waals surface area contributed by atoms with Crippen molar-refractivity contribution in [3.8, 4) is 0 Å². The van der Waals surface area contributed by atoms with Crippen molar-refractivity contribution >= 4 is 17.3 Å². The van der Waals surface area contributed by atoms with E-state index in [9.17, 15) is 25.0 Å². The maximum atomic E-state index is 10.2. The van der Waals surface area contributed by atoms with E-state index in [1.807, 2.05) is 0 Å². The van der Waals surface area contributed by atoms with Crippen molar-refractivity contribution in [3.05, 3.63) is 44.5 Å². The van der Waals surface area contributed by atoms with E-state index in [0.29, 0.717) is 0 Å². The second-order valence-corrected chi connectivity index (χ2v) is 2.78. The van der Waals surface area contributed by atoms with Gasteiger partial charge in [0.05, 0.1) is 15.9 Å². The van der Waals surface area contributed by atoms with Gasteiger partial charge in [-0.2, -0.15) is 0 Å². The third-order valence-electron chi connectivity index (χ3n) is 1.55. The molecule has 0 atom stereocenters. The number of hydrogen-bond donors (Lipinski definition) is 1. The summed E-state index contributed by atoms with van der Waals surface area (Å²) in [6.45, 7) is 1.60. The van der Waals surface area contributed by atoms with Crippen LogP contribution in [-0.2, 0) is 4.79 Å². The summed E-state index contributed by atoms with van der Waals surface area (Å²) in [5.41, 5.74) is -0.548. The van der Waals surface area contributed by atoms with Crippen molar-refractivity contribution in [1.29, 1.82) is 0 Å². The quantitative estimate of drug-likeness (QED) is 0.638. The van der Waals surface area contributed by atoms with Crippen molar-refractivity contribution in [2.24, 2.45) is 0 Å². The van der Waals surface area contributed by atoms with Gasteiger partial charge in [-0.25, -0.2) is 0 Å². The highest BCUT2D eigenvalue weighted by Gasteiger charge is 2.11. The van der Waals surface area contributed by atoms with Crippen LogP contribution in [0.5, 0.6) is 0 Å². The Morgan fingerprint density at radius 1 is 1.24 bits per heavy atom. The predicted octanol–water partition coefficient (Wildman–Crippen LogP) is 1.98. The Bertz CT molecular complexity index is 402. The average Bonchev–Trinajstić information content (AvgIpc) is 2.29. The van der Waals surface area contributed by atoms with Crippen LogP contribution >= 0.6 is 0 Å². The number of rotatable bonds is 3. The summed E-state index contributed by atoms with van der Waals surface area (Å²) in [4.78, 5) is 28.3. The monoisotopic (exact) mass is 242 g/mol. The molecule has 92 valence electrons. The fourth-order valence-corrected chi connectivity index (χ4v) is 0.720. The molecule has 0 spiro atoms. The van der Waals surface area contributed by atoms with E-state index in [-0.39, 0.29) is 17.8 Å². The van der Waals surface area contributed by atoms with Gasteiger partial charge in [0.1, 0.15) is 0 Å². The fourth-order valence-electron chi connectivity index (χ4n) is 0.720. The van der Waals surface area contributed by atoms with Crippen LogP contribution in [0, 0.1) is 20.2 Å². The number of carbonyl (C=O) groups is 1. The predicted molar refractivity (Wildman–Crippen MR) is 57.7 cm³/mol. The normalized spacial score (nSPS) is 8.76. The highest BCUT2D eigenvalue weighted by Crippen LogP contribution is 2.18. The molecule has 0 aliphatic carbocycles. The molecule has 0 aliphatic rings. The molecular formula is C9H10N2O6. The van der Waals surface area contributed by atoms with Crippen LogP contribution in [0.25, 0.3) is 0 Å². The van der Waals surface area contributed by atoms with Gasteiger partial charge >= 0.3 is 5.97 Å². The SMILES string of the molecule is CCC(=O)O.O=[N+]([O-])c1cccc([N+](=O)[O-])c1. The molecule has 0 aliphatic heterocycles. The minimum atomic E-state index is -0.745. The van der Waals surface area contributed by atoms with E-state index < -0.39 is 15.8 Å². The second kappa shape index (κ2) is 6.88. The lowest BCUT2D eigenvalue weighted by Gasteiger charge is -1.90. The lowest BCUT2D eigenvalue weighted by atomic mass is 10.3. The van der Waals surface area contributed by atoms with E-state index in [4.69, 9.17) is 5.11 Å². The van der Waals surface area contributed by atoms with E-state index in [0.717, 1.165) is 6.07 Å². The van der Waals surface area contributed by atoms with E-state index in [1.54, 1.807) is 6.92 Å². The maximum Gasteiger partial charge on any atom is 0.303 e. The highest BCUT2D eigenvalue weighted by molar-refractivity contribution is 5.66. The van der Waals surface area contributed by atoms with Crippen molar-refractivity contribution in [2.45, 2.75) is 13.3 Å². The summed E-state index contributed by atoms with van der Waals surface area (Å²) < 4.78 is 0. The summed E-state index contributed by atoms with van der Waals surface area (Å²) in [6.07, 6.45) is 0.222. The number of nitro groups is 2. The lowest BCUT2D eigenvalue weighted by Crippen LogP contribution is -1.91. The number of non-ortho nitro benzene ring substituents is 2. The van der Waals surface area contributed by atoms with Crippen molar-refractivity contribution < 1.29 is 19.7 Å². The zero-order chi connectivity index (χ0) is 13.4. The van der Waals surface area contributed by atoms with Crippen LogP contribution in [-0.4, -0.2) is 20.9 Å². The summed E-state index contributed by atoms with van der Waals surface area (Å²) in [5, 5.41) is 28.0. The number of benzene rings is 1. The van der Waals surface area contributed by atoms with Gasteiger partial charge in [0.2, 0.25) is 0 Å². The van der Waals surface area contributed by atoms with Crippen LogP contribution in [0.3, 0.4) is 0 Å². The molecule has 0 unspecified atom stereocenters. The Hall–Kier alpha value is -2.51. The van der Waals surface area contributed by atoms with Crippen LogP contribution < -0.4 is 0 Å². The smallest absolute Gasteiger partial charge is 0.303 e. The number of nitro benzene ring substituents is 2. The number of carboxylic acids is 1. The molecule has 0 saturated carbocycles. The molecule has 1 rings (SSSR count). The minimum absolute atomic E-state index is 0.222. The topological polar surface area (TPSA) is 124 Å². The van der Waals surface area contributed by atoms with Gasteiger partial charge in [0.25, 0.3) is 11.4 Å². The molecule has 0 bridgehead atoms. The van der Waals surface area contributed by atoms with Gasteiger partial charge < -0.3 is 5.11 Å². The van der Waals surface area contributed by atoms with Crippen molar-refractivity contribution in [3.63, 3.8) is 0 Å². The third kappa shape index (κ3) is 5.82. The molecule has 0 radical (unpaired) electrons. The first kappa shape index (κ1) is 14.5. The summed E-state index contributed by atoms with van der Waals surface area (Å²) >= 11 is 0. The van der Waals surface area contributed by atoms with E-state index in [1.165, 1.54) is 18.2 Å². The molecule has 0 heterocycles. The first-order valence-electron chi connectivity index (χ1n) is 4.49. The highest BCUT2D eigenvalue weighted by atomic mass is 16.6. The molecule has 1 aromatic carbocycles. The van der Waals surface area contributed by atoms with Gasteiger partial charge in [-0.1, -0.05) is 6.92 Å². The van der Waals surface area contributed by atoms with Gasteiger partial charge in [0, 0.05) is 18.6 Å². The summed E-state index contributed by atoms with van der Waals surface area (Å²) in [5.74, 6) is -0.745. The molecule has 0 aromatic heterocycles. The lowest BCUT2D eigenvalue weighted by molar-refractivity contribution is -0.394. The van der Waals surface area contributed by atoms with Gasteiger partial charge in [-0.05, 0) is 6.07 Å². The van der Waals surface area contributed by atoms with Crippen molar-refractivity contribution in [1.82, 2.24) is 0 Å². The van der Waals surface area contributed by atoms with Gasteiger partial charge in [-0.15, -0.1) is 0 Å². The van der Waals surface area contributed by atoms with Crippen LogP contribution in [0.1, 0.15) is 13.3 Å². The first-order chi connectivity index (χ1) is 7.88. The average molecular weight is 242 g/mol. The van der Waals surface area contributed by atoms with Gasteiger partial charge in [0.15, 0.2) is 0 Å². The molecule has 0 amide bonds. The Balaban J connectivity index is 0.000000437. The molecule has 1 N–H and O–H groups in total. The number of carboxylic acid groups (broad SMARTS) is 1. The molecule has 0 fully saturated rings. The first-order valence-corrected chi connectivity index (χ1v) is 4.49. The van der Waals surface area contributed by atoms with Crippen LogP contribution in [0.4, 0.5) is 11.4 Å². The third-order valence-corrected chi connectivity index (χ3v) is 1.55. The molecular weight excluding hydrogens is 232 g/mol. The van der Waals surface area contributed by atoms with Crippen LogP contribution in [0.15, 0.2) is 24.3 Å². The van der Waals surface area contributed by atoms with E-state index in [2.05, 4.69) is 0 Å². The van der Waals surface area contributed by atoms with Crippen LogP contribution in [0.2, 0.25) is 0 Å². The maximum absolute atomic E-state index is 10.2. The Morgan fingerprint density at radius 2 is 1.59 bits per heavy atom. The second-order valence-electron chi connectivity index (χ2n) is 2.78. The minimum Gasteiger partial charge on any atom is -0.481 e. The molecule has 8 nitrogen and oxygen atoms in total. The summed E-state index contributed by atoms with van der Waals surface area (Å²) in [6, 6.07) is 4.59.